The summed E-state index contributed by atoms with van der Waals surface area (Å²) >= 11 is 0. The minimum absolute atomic E-state index is 0.261. The van der Waals surface area contributed by atoms with E-state index in [1.165, 1.54) is 6.07 Å². The number of carbonyl (C=O) groups is 2. The molecule has 1 heterocycles. The van der Waals surface area contributed by atoms with Gasteiger partial charge in [-0.25, -0.2) is 13.6 Å². The first-order valence-electron chi connectivity index (χ1n) is 6.91. The van der Waals surface area contributed by atoms with E-state index in [1.54, 1.807) is 0 Å². The van der Waals surface area contributed by atoms with Crippen molar-refractivity contribution >= 4 is 11.8 Å². The molecule has 120 valence electrons. The second kappa shape index (κ2) is 7.40. The molecular weight excluding hydrogens is 301 g/mol. The fourth-order valence-electron chi connectivity index (χ4n) is 2.50. The Hall–Kier alpha value is -1.89. The molecule has 2 rings (SSSR count). The molecule has 7 heteroatoms. The van der Waals surface area contributed by atoms with Gasteiger partial charge in [-0.2, -0.15) is 0 Å². The van der Waals surface area contributed by atoms with Crippen LogP contribution in [0, 0.1) is 17.6 Å². The Bertz CT molecular complexity index is 568. The summed E-state index contributed by atoms with van der Waals surface area (Å²) in [6.45, 7) is 1.23. The molecule has 4 nitrogen and oxygen atoms in total. The zero-order valence-corrected chi connectivity index (χ0v) is 11.7. The summed E-state index contributed by atoms with van der Waals surface area (Å²) in [5.41, 5.74) is -0.102. The summed E-state index contributed by atoms with van der Waals surface area (Å²) in [6.07, 6.45) is 1.11. The van der Waals surface area contributed by atoms with Gasteiger partial charge in [0.2, 0.25) is 0 Å². The fraction of sp³-hybridized carbons (Fsp3) is 0.467. The van der Waals surface area contributed by atoms with Crippen LogP contribution in [0.25, 0.3) is 0 Å². The highest BCUT2D eigenvalue weighted by Gasteiger charge is 2.22. The van der Waals surface area contributed by atoms with E-state index in [2.05, 4.69) is 4.94 Å². The fourth-order valence-corrected chi connectivity index (χ4v) is 2.50. The van der Waals surface area contributed by atoms with E-state index in [0.717, 1.165) is 18.9 Å². The average Bonchev–Trinajstić information content (AvgIpc) is 2.51. The Labute approximate surface area is 125 Å². The van der Waals surface area contributed by atoms with Crippen LogP contribution in [0.5, 0.6) is 0 Å². The zero-order chi connectivity index (χ0) is 16.1. The Balaban J connectivity index is 2.18. The summed E-state index contributed by atoms with van der Waals surface area (Å²) in [6, 6.07) is 2.25. The maximum atomic E-state index is 13.7. The molecule has 1 aromatic carbocycles. The molecule has 1 fully saturated rings. The van der Waals surface area contributed by atoms with Crippen molar-refractivity contribution in [1.29, 1.82) is 0 Å². The predicted molar refractivity (Wildman–Crippen MR) is 69.8 cm³/mol. The standard InChI is InChI=1S/C15H15F3O4/c16-12-7-10(5-9-1-3-21-4-2-9)6-11(15(12)17)13(19)8-14(20)22-18/h6-7,9H,1-5,8H2. The molecule has 0 unspecified atom stereocenters. The van der Waals surface area contributed by atoms with Gasteiger partial charge >= 0.3 is 5.97 Å². The first-order valence-corrected chi connectivity index (χ1v) is 6.91. The van der Waals surface area contributed by atoms with Crippen LogP contribution in [0.3, 0.4) is 0 Å². The predicted octanol–water partition coefficient (Wildman–Crippen LogP) is 2.93. The highest BCUT2D eigenvalue weighted by atomic mass is 19.3. The van der Waals surface area contributed by atoms with E-state index in [0.29, 0.717) is 25.2 Å². The first-order chi connectivity index (χ1) is 10.5. The lowest BCUT2D eigenvalue weighted by Gasteiger charge is -2.22. The van der Waals surface area contributed by atoms with E-state index < -0.39 is 35.4 Å². The van der Waals surface area contributed by atoms with Gasteiger partial charge in [-0.15, -0.1) is 0 Å². The Morgan fingerprint density at radius 3 is 2.55 bits per heavy atom. The van der Waals surface area contributed by atoms with Gasteiger partial charge in [0.1, 0.15) is 6.42 Å². The van der Waals surface area contributed by atoms with Crippen molar-refractivity contribution in [2.24, 2.45) is 5.92 Å². The molecule has 0 N–H and O–H groups in total. The van der Waals surface area contributed by atoms with Crippen LogP contribution in [-0.2, 0) is 20.9 Å². The molecule has 0 spiro atoms. The van der Waals surface area contributed by atoms with Gasteiger partial charge in [0.25, 0.3) is 0 Å². The lowest BCUT2D eigenvalue weighted by molar-refractivity contribution is -0.182. The molecule has 0 atom stereocenters. The topological polar surface area (TPSA) is 52.6 Å². The molecule has 0 aliphatic carbocycles. The monoisotopic (exact) mass is 316 g/mol. The van der Waals surface area contributed by atoms with Crippen molar-refractivity contribution in [1.82, 2.24) is 0 Å². The molecular formula is C15H15F3O4. The highest BCUT2D eigenvalue weighted by molar-refractivity contribution is 6.06. The third-order valence-corrected chi connectivity index (χ3v) is 3.64. The van der Waals surface area contributed by atoms with E-state index in [1.807, 2.05) is 0 Å². The van der Waals surface area contributed by atoms with Crippen molar-refractivity contribution in [3.05, 3.63) is 34.9 Å². The minimum Gasteiger partial charge on any atom is -0.381 e. The van der Waals surface area contributed by atoms with Gasteiger partial charge in [-0.3, -0.25) is 9.74 Å². The van der Waals surface area contributed by atoms with Crippen molar-refractivity contribution in [2.45, 2.75) is 25.7 Å². The smallest absolute Gasteiger partial charge is 0.356 e. The van der Waals surface area contributed by atoms with Crippen LogP contribution in [-0.4, -0.2) is 25.0 Å². The SMILES string of the molecule is O=C(CC(=O)c1cc(CC2CCOCC2)cc(F)c1F)OF. The number of halogens is 3. The van der Waals surface area contributed by atoms with Gasteiger partial charge in [0.05, 0.1) is 5.56 Å². The summed E-state index contributed by atoms with van der Waals surface area (Å²) in [5.74, 6) is -4.71. The van der Waals surface area contributed by atoms with Crippen molar-refractivity contribution < 1.29 is 32.6 Å². The quantitative estimate of drug-likeness (QED) is 0.619. The molecule has 22 heavy (non-hydrogen) atoms. The summed E-state index contributed by atoms with van der Waals surface area (Å²) in [5, 5.41) is 0. The van der Waals surface area contributed by atoms with Crippen LogP contribution in [0.4, 0.5) is 13.3 Å². The Morgan fingerprint density at radius 2 is 1.91 bits per heavy atom. The van der Waals surface area contributed by atoms with Crippen molar-refractivity contribution in [3.8, 4) is 0 Å². The number of Topliss-reactive ketones (excluding diaryl/α,β-unsaturated/α-hetero) is 1. The second-order valence-corrected chi connectivity index (χ2v) is 5.25. The van der Waals surface area contributed by atoms with E-state index in [4.69, 9.17) is 4.74 Å². The second-order valence-electron chi connectivity index (χ2n) is 5.25. The minimum atomic E-state index is -1.44. The number of ketones is 1. The van der Waals surface area contributed by atoms with Crippen LogP contribution in [0.2, 0.25) is 0 Å². The summed E-state index contributed by atoms with van der Waals surface area (Å²) < 4.78 is 44.2. The zero-order valence-electron chi connectivity index (χ0n) is 11.7. The molecule has 0 amide bonds. The van der Waals surface area contributed by atoms with E-state index in [9.17, 15) is 22.9 Å². The van der Waals surface area contributed by atoms with Crippen LogP contribution >= 0.6 is 0 Å². The molecule has 0 saturated carbocycles. The average molecular weight is 316 g/mol. The lowest BCUT2D eigenvalue weighted by Crippen LogP contribution is -2.18. The van der Waals surface area contributed by atoms with Crippen LogP contribution < -0.4 is 0 Å². The van der Waals surface area contributed by atoms with Gasteiger partial charge in [-0.05, 0) is 42.9 Å². The lowest BCUT2D eigenvalue weighted by atomic mass is 9.91. The van der Waals surface area contributed by atoms with Gasteiger partial charge in [0, 0.05) is 17.7 Å². The summed E-state index contributed by atoms with van der Waals surface area (Å²) in [7, 11) is 0. The Morgan fingerprint density at radius 1 is 1.23 bits per heavy atom. The molecule has 1 aromatic rings. The number of hydrogen-bond acceptors (Lipinski definition) is 4. The molecule has 0 bridgehead atoms. The first kappa shape index (κ1) is 16.5. The van der Waals surface area contributed by atoms with Crippen LogP contribution in [0.15, 0.2) is 12.1 Å². The largest absolute Gasteiger partial charge is 0.381 e. The highest BCUT2D eigenvalue weighted by Crippen LogP contribution is 2.23. The molecule has 0 aromatic heterocycles. The van der Waals surface area contributed by atoms with Crippen molar-refractivity contribution in [3.63, 3.8) is 0 Å². The normalized spacial score (nSPS) is 15.6. The molecule has 0 radical (unpaired) electrons. The molecule has 1 saturated heterocycles. The van der Waals surface area contributed by atoms with Gasteiger partial charge in [0.15, 0.2) is 17.4 Å². The third kappa shape index (κ3) is 4.07. The maximum Gasteiger partial charge on any atom is 0.356 e. The number of carbonyl (C=O) groups excluding carboxylic acids is 2. The van der Waals surface area contributed by atoms with Gasteiger partial charge in [-0.1, -0.05) is 0 Å². The maximum absolute atomic E-state index is 13.7. The number of hydrogen-bond donors (Lipinski definition) is 0. The third-order valence-electron chi connectivity index (χ3n) is 3.64. The summed E-state index contributed by atoms with van der Waals surface area (Å²) in [4.78, 5) is 25.4. The number of benzene rings is 1. The molecule has 1 aliphatic heterocycles. The van der Waals surface area contributed by atoms with E-state index in [-0.39, 0.29) is 5.92 Å². The van der Waals surface area contributed by atoms with Crippen molar-refractivity contribution in [2.75, 3.05) is 13.2 Å². The number of rotatable bonds is 5. The Kier molecular flexibility index (Phi) is 5.54. The van der Waals surface area contributed by atoms with E-state index >= 15 is 0 Å². The van der Waals surface area contributed by atoms with Gasteiger partial charge < -0.3 is 4.74 Å². The van der Waals surface area contributed by atoms with Crippen LogP contribution in [0.1, 0.15) is 35.2 Å². The number of ether oxygens (including phenoxy) is 1. The molecule has 1 aliphatic rings.